The molecule has 0 radical (unpaired) electrons. The van der Waals surface area contributed by atoms with Gasteiger partial charge in [0.1, 0.15) is 0 Å². The number of rotatable bonds is 4. The molecule has 3 aliphatic carbocycles. The Bertz CT molecular complexity index is 706. The van der Waals surface area contributed by atoms with E-state index in [-0.39, 0.29) is 6.10 Å². The second-order valence-electron chi connectivity index (χ2n) is 9.30. The summed E-state index contributed by atoms with van der Waals surface area (Å²) in [5, 5.41) is 10.1. The monoisotopic (exact) mass is 365 g/mol. The molecule has 1 aromatic rings. The second-order valence-corrected chi connectivity index (χ2v) is 9.30. The fraction of sp³-hybridized carbons (Fsp3) is 0.640. The standard InChI is InChI=1S/C25H35NO/c1-3-18(20-7-5-15-26-17-20)9-10-19-6-4-8-24-23(19)12-11-21-16-22(27)13-14-25(21,24)2/h5,7,9,11,15,17,19,22-24,27H,3-4,6,8,10,12-14,16H2,1-2H3/b18-9+/t19-,22-,23-,24-,25-/m0/s1. The van der Waals surface area contributed by atoms with Gasteiger partial charge in [0.2, 0.25) is 0 Å². The summed E-state index contributed by atoms with van der Waals surface area (Å²) in [5.41, 5.74) is 4.65. The maximum Gasteiger partial charge on any atom is 0.0577 e. The van der Waals surface area contributed by atoms with E-state index in [9.17, 15) is 5.11 Å². The van der Waals surface area contributed by atoms with Crippen molar-refractivity contribution in [3.8, 4) is 0 Å². The Balaban J connectivity index is 1.53. The minimum absolute atomic E-state index is 0.102. The molecule has 0 unspecified atom stereocenters. The fourth-order valence-electron chi connectivity index (χ4n) is 6.34. The van der Waals surface area contributed by atoms with Crippen molar-refractivity contribution in [2.24, 2.45) is 23.2 Å². The van der Waals surface area contributed by atoms with Gasteiger partial charge in [-0.2, -0.15) is 0 Å². The minimum Gasteiger partial charge on any atom is -0.393 e. The van der Waals surface area contributed by atoms with E-state index in [1.165, 1.54) is 49.7 Å². The SMILES string of the molecule is CC/C(=C\C[C@@H]1CCC[C@H]2[C@H]1CC=C1C[C@@H](O)CC[C@@]12C)c1cccnc1. The quantitative estimate of drug-likeness (QED) is 0.646. The van der Waals surface area contributed by atoms with Crippen LogP contribution in [0, 0.1) is 23.2 Å². The average molecular weight is 366 g/mol. The number of pyridine rings is 1. The van der Waals surface area contributed by atoms with Crippen molar-refractivity contribution in [1.29, 1.82) is 0 Å². The van der Waals surface area contributed by atoms with Crippen molar-refractivity contribution in [2.75, 3.05) is 0 Å². The van der Waals surface area contributed by atoms with E-state index in [0.717, 1.165) is 37.0 Å². The number of aromatic nitrogens is 1. The summed E-state index contributed by atoms with van der Waals surface area (Å²) in [5.74, 6) is 2.45. The molecule has 146 valence electrons. The molecule has 27 heavy (non-hydrogen) atoms. The first-order chi connectivity index (χ1) is 13.1. The van der Waals surface area contributed by atoms with Gasteiger partial charge >= 0.3 is 0 Å². The van der Waals surface area contributed by atoms with Gasteiger partial charge in [-0.05, 0) is 91.7 Å². The van der Waals surface area contributed by atoms with Crippen LogP contribution in [0.4, 0.5) is 0 Å². The third-order valence-electron chi connectivity index (χ3n) is 7.93. The molecule has 2 fully saturated rings. The van der Waals surface area contributed by atoms with Crippen molar-refractivity contribution in [3.63, 3.8) is 0 Å². The van der Waals surface area contributed by atoms with Crippen LogP contribution in [0.2, 0.25) is 0 Å². The van der Waals surface area contributed by atoms with E-state index in [1.807, 2.05) is 18.5 Å². The molecule has 2 heteroatoms. The van der Waals surface area contributed by atoms with Gasteiger partial charge in [0.25, 0.3) is 0 Å². The van der Waals surface area contributed by atoms with Gasteiger partial charge < -0.3 is 5.11 Å². The Labute approximate surface area is 164 Å². The predicted octanol–water partition coefficient (Wildman–Crippen LogP) is 6.18. The zero-order valence-corrected chi connectivity index (χ0v) is 17.0. The number of nitrogens with zero attached hydrogens (tertiary/aromatic N) is 1. The summed E-state index contributed by atoms with van der Waals surface area (Å²) in [6.45, 7) is 4.76. The zero-order valence-electron chi connectivity index (χ0n) is 17.0. The average Bonchev–Trinajstić information content (AvgIpc) is 2.70. The molecule has 0 spiro atoms. The van der Waals surface area contributed by atoms with E-state index >= 15 is 0 Å². The molecular formula is C25H35NO. The molecule has 1 aromatic heterocycles. The Morgan fingerprint density at radius 2 is 2.22 bits per heavy atom. The molecule has 2 saturated carbocycles. The highest BCUT2D eigenvalue weighted by Gasteiger charge is 2.49. The van der Waals surface area contributed by atoms with Crippen LogP contribution in [0.15, 0.2) is 42.3 Å². The van der Waals surface area contributed by atoms with Crippen LogP contribution < -0.4 is 0 Å². The van der Waals surface area contributed by atoms with Crippen molar-refractivity contribution < 1.29 is 5.11 Å². The number of hydrogen-bond donors (Lipinski definition) is 1. The molecule has 4 rings (SSSR count). The molecule has 3 aliphatic rings. The van der Waals surface area contributed by atoms with E-state index in [1.54, 1.807) is 5.57 Å². The second kappa shape index (κ2) is 7.91. The smallest absolute Gasteiger partial charge is 0.0577 e. The lowest BCUT2D eigenvalue weighted by Gasteiger charge is -2.54. The first kappa shape index (κ1) is 18.9. The van der Waals surface area contributed by atoms with Crippen molar-refractivity contribution in [1.82, 2.24) is 4.98 Å². The maximum atomic E-state index is 10.1. The highest BCUT2D eigenvalue weighted by molar-refractivity contribution is 5.64. The molecule has 1 N–H and O–H groups in total. The van der Waals surface area contributed by atoms with Gasteiger partial charge in [-0.3, -0.25) is 4.98 Å². The normalized spacial score (nSPS) is 36.6. The predicted molar refractivity (Wildman–Crippen MR) is 112 cm³/mol. The molecule has 0 aromatic carbocycles. The summed E-state index contributed by atoms with van der Waals surface area (Å²) in [7, 11) is 0. The molecular weight excluding hydrogens is 330 g/mol. The lowest BCUT2D eigenvalue weighted by molar-refractivity contribution is 0.00910. The lowest BCUT2D eigenvalue weighted by atomic mass is 9.51. The molecule has 0 amide bonds. The van der Waals surface area contributed by atoms with Crippen molar-refractivity contribution in [3.05, 3.63) is 47.8 Å². The van der Waals surface area contributed by atoms with E-state index < -0.39 is 0 Å². The zero-order chi connectivity index (χ0) is 18.9. The Kier molecular flexibility index (Phi) is 5.55. The van der Waals surface area contributed by atoms with Crippen LogP contribution >= 0.6 is 0 Å². The van der Waals surface area contributed by atoms with E-state index in [4.69, 9.17) is 0 Å². The fourth-order valence-corrected chi connectivity index (χ4v) is 6.34. The van der Waals surface area contributed by atoms with Gasteiger partial charge in [-0.25, -0.2) is 0 Å². The number of fused-ring (bicyclic) bond motifs is 3. The van der Waals surface area contributed by atoms with E-state index in [2.05, 4.69) is 37.0 Å². The van der Waals surface area contributed by atoms with Gasteiger partial charge in [0.15, 0.2) is 0 Å². The topological polar surface area (TPSA) is 33.1 Å². The van der Waals surface area contributed by atoms with E-state index in [0.29, 0.717) is 5.41 Å². The van der Waals surface area contributed by atoms with Crippen molar-refractivity contribution in [2.45, 2.75) is 77.7 Å². The summed E-state index contributed by atoms with van der Waals surface area (Å²) in [6, 6.07) is 4.23. The Morgan fingerprint density at radius 3 is 3.00 bits per heavy atom. The van der Waals surface area contributed by atoms with Crippen LogP contribution in [0.1, 0.15) is 77.2 Å². The Hall–Kier alpha value is -1.41. The minimum atomic E-state index is -0.102. The maximum absolute atomic E-state index is 10.1. The highest BCUT2D eigenvalue weighted by Crippen LogP contribution is 2.58. The summed E-state index contributed by atoms with van der Waals surface area (Å²) in [4.78, 5) is 4.31. The largest absolute Gasteiger partial charge is 0.393 e. The molecule has 5 atom stereocenters. The van der Waals surface area contributed by atoms with Gasteiger partial charge in [-0.1, -0.05) is 44.1 Å². The summed E-state index contributed by atoms with van der Waals surface area (Å²) < 4.78 is 0. The highest BCUT2D eigenvalue weighted by atomic mass is 16.3. The third kappa shape index (κ3) is 3.66. The van der Waals surface area contributed by atoms with Gasteiger partial charge in [0, 0.05) is 12.4 Å². The molecule has 0 bridgehead atoms. The van der Waals surface area contributed by atoms with Crippen molar-refractivity contribution >= 4 is 5.57 Å². The summed E-state index contributed by atoms with van der Waals surface area (Å²) in [6.07, 6.45) is 19.5. The molecule has 0 aliphatic heterocycles. The molecule has 1 heterocycles. The number of allylic oxidation sites excluding steroid dienone is 3. The summed E-state index contributed by atoms with van der Waals surface area (Å²) >= 11 is 0. The molecule has 2 nitrogen and oxygen atoms in total. The number of aliphatic hydroxyl groups excluding tert-OH is 1. The van der Waals surface area contributed by atoms with Crippen LogP contribution in [-0.4, -0.2) is 16.2 Å². The molecule has 0 saturated heterocycles. The van der Waals surface area contributed by atoms with Gasteiger partial charge in [-0.15, -0.1) is 0 Å². The van der Waals surface area contributed by atoms with Gasteiger partial charge in [0.05, 0.1) is 6.10 Å². The van der Waals surface area contributed by atoms with Crippen LogP contribution in [0.5, 0.6) is 0 Å². The third-order valence-corrected chi connectivity index (χ3v) is 7.93. The van der Waals surface area contributed by atoms with Crippen LogP contribution in [0.3, 0.4) is 0 Å². The van der Waals surface area contributed by atoms with Crippen LogP contribution in [0.25, 0.3) is 5.57 Å². The Morgan fingerprint density at radius 1 is 1.33 bits per heavy atom. The number of aliphatic hydroxyl groups is 1. The lowest BCUT2D eigenvalue weighted by Crippen LogP contribution is -2.45. The first-order valence-electron chi connectivity index (χ1n) is 11.1. The first-order valence-corrected chi connectivity index (χ1v) is 11.1. The number of hydrogen-bond acceptors (Lipinski definition) is 2. The van der Waals surface area contributed by atoms with Crippen LogP contribution in [-0.2, 0) is 0 Å².